The number of aryl methyl sites for hydroxylation is 1. The second-order valence-corrected chi connectivity index (χ2v) is 6.84. The fourth-order valence-corrected chi connectivity index (χ4v) is 3.78. The topological polar surface area (TPSA) is 106 Å². The van der Waals surface area contributed by atoms with Crippen LogP contribution in [0.2, 0.25) is 0 Å². The summed E-state index contributed by atoms with van der Waals surface area (Å²) in [5.41, 5.74) is 9.97. The molecule has 0 amide bonds. The third-order valence-electron chi connectivity index (χ3n) is 5.08. The Morgan fingerprint density at radius 1 is 1.40 bits per heavy atom. The second kappa shape index (κ2) is 6.98. The van der Waals surface area contributed by atoms with E-state index in [1.165, 1.54) is 0 Å². The molecule has 0 radical (unpaired) electrons. The highest BCUT2D eigenvalue weighted by atomic mass is 16.5. The third-order valence-corrected chi connectivity index (χ3v) is 5.08. The number of fused-ring (bicyclic) bond motifs is 1. The molecule has 1 aliphatic rings. The minimum absolute atomic E-state index is 0.163. The Labute approximate surface area is 147 Å². The van der Waals surface area contributed by atoms with E-state index < -0.39 is 6.10 Å². The molecule has 3 rings (SSSR count). The van der Waals surface area contributed by atoms with E-state index in [2.05, 4.69) is 10.3 Å². The Kier molecular flexibility index (Phi) is 4.92. The van der Waals surface area contributed by atoms with Crippen molar-refractivity contribution in [1.82, 2.24) is 10.3 Å². The number of nitrogen functional groups attached to an aromatic ring is 1. The molecule has 1 fully saturated rings. The van der Waals surface area contributed by atoms with E-state index >= 15 is 0 Å². The van der Waals surface area contributed by atoms with Gasteiger partial charge in [0.2, 0.25) is 0 Å². The third kappa shape index (κ3) is 3.19. The Hall–Kier alpha value is -2.18. The summed E-state index contributed by atoms with van der Waals surface area (Å²) in [5.74, 6) is 1.26. The molecule has 25 heavy (non-hydrogen) atoms. The first-order valence-electron chi connectivity index (χ1n) is 8.70. The lowest BCUT2D eigenvalue weighted by molar-refractivity contribution is -0.113. The number of pyridine rings is 1. The smallest absolute Gasteiger partial charge is 0.181 e. The van der Waals surface area contributed by atoms with Crippen molar-refractivity contribution in [2.45, 2.75) is 32.8 Å². The van der Waals surface area contributed by atoms with Gasteiger partial charge < -0.3 is 20.9 Å². The van der Waals surface area contributed by atoms with Gasteiger partial charge >= 0.3 is 0 Å². The maximum absolute atomic E-state index is 11.2. The number of aromatic nitrogens is 1. The highest BCUT2D eigenvalue weighted by Gasteiger charge is 2.30. The maximum atomic E-state index is 11.2. The van der Waals surface area contributed by atoms with Crippen LogP contribution in [-0.4, -0.2) is 36.0 Å². The predicted octanol–water partition coefficient (Wildman–Crippen LogP) is 0.735. The summed E-state index contributed by atoms with van der Waals surface area (Å²) in [6, 6.07) is 3.84. The van der Waals surface area contributed by atoms with Gasteiger partial charge in [0, 0.05) is 17.9 Å². The standard InChI is InChI=1S/C19H26N4O2/c1-10-8-13(25-3)9-14-16(18(24)12-4-6-22-7-5-12)15(11(2)20)19(21)23-17(10)14/h8-9,12,18,20,22,24H,4-7H2,1-3H3,(H2,21,23)/p+1. The van der Waals surface area contributed by atoms with Gasteiger partial charge in [-0.25, -0.2) is 4.98 Å². The van der Waals surface area contributed by atoms with Crippen LogP contribution in [0, 0.1) is 12.8 Å². The van der Waals surface area contributed by atoms with E-state index in [4.69, 9.17) is 15.9 Å². The number of anilines is 1. The molecule has 0 saturated carbocycles. The number of nitrogens with two attached hydrogens (primary N) is 2. The summed E-state index contributed by atoms with van der Waals surface area (Å²) in [6.07, 6.45) is 1.18. The molecule has 1 atom stereocenters. The van der Waals surface area contributed by atoms with Crippen molar-refractivity contribution < 1.29 is 15.3 Å². The van der Waals surface area contributed by atoms with Gasteiger partial charge in [-0.15, -0.1) is 0 Å². The molecule has 134 valence electrons. The summed E-state index contributed by atoms with van der Waals surface area (Å²) in [5, 5.41) is 21.5. The monoisotopic (exact) mass is 343 g/mol. The lowest BCUT2D eigenvalue weighted by Gasteiger charge is -2.29. The van der Waals surface area contributed by atoms with Gasteiger partial charge in [0.05, 0.1) is 24.3 Å². The zero-order chi connectivity index (χ0) is 18.1. The zero-order valence-corrected chi connectivity index (χ0v) is 15.1. The van der Waals surface area contributed by atoms with Gasteiger partial charge in [0.25, 0.3) is 0 Å². The van der Waals surface area contributed by atoms with Crippen molar-refractivity contribution in [2.24, 2.45) is 5.92 Å². The minimum Gasteiger partial charge on any atom is -0.497 e. The van der Waals surface area contributed by atoms with Crippen LogP contribution in [0.1, 0.15) is 42.6 Å². The minimum atomic E-state index is -0.644. The molecule has 2 heterocycles. The van der Waals surface area contributed by atoms with E-state index in [-0.39, 0.29) is 5.92 Å². The Balaban J connectivity index is 2.29. The van der Waals surface area contributed by atoms with Crippen LogP contribution in [-0.2, 0) is 0 Å². The number of hydrogen-bond acceptors (Lipinski definition) is 5. The van der Waals surface area contributed by atoms with Gasteiger partial charge in [0.1, 0.15) is 11.6 Å². The van der Waals surface area contributed by atoms with Crippen molar-refractivity contribution in [3.8, 4) is 5.75 Å². The number of aliphatic hydroxyl groups excluding tert-OH is 1. The number of benzene rings is 1. The average Bonchev–Trinajstić information content (AvgIpc) is 2.61. The van der Waals surface area contributed by atoms with Crippen LogP contribution in [0.5, 0.6) is 5.75 Å². The van der Waals surface area contributed by atoms with E-state index in [0.717, 1.165) is 53.7 Å². The van der Waals surface area contributed by atoms with Gasteiger partial charge in [0.15, 0.2) is 5.71 Å². The molecule has 0 aliphatic carbocycles. The normalized spacial score (nSPS) is 16.8. The van der Waals surface area contributed by atoms with Crippen LogP contribution in [0.25, 0.3) is 10.9 Å². The van der Waals surface area contributed by atoms with E-state index in [0.29, 0.717) is 17.1 Å². The van der Waals surface area contributed by atoms with Crippen molar-refractivity contribution in [2.75, 3.05) is 25.9 Å². The van der Waals surface area contributed by atoms with Crippen LogP contribution in [0.3, 0.4) is 0 Å². The molecule has 2 aromatic rings. The van der Waals surface area contributed by atoms with E-state index in [9.17, 15) is 5.11 Å². The van der Waals surface area contributed by atoms with Crippen LogP contribution < -0.4 is 21.2 Å². The van der Waals surface area contributed by atoms with Gasteiger partial charge in [-0.2, -0.15) is 0 Å². The maximum Gasteiger partial charge on any atom is 0.181 e. The molecule has 6 N–H and O–H groups in total. The highest BCUT2D eigenvalue weighted by molar-refractivity contribution is 6.05. The average molecular weight is 343 g/mol. The van der Waals surface area contributed by atoms with E-state index in [1.54, 1.807) is 14.0 Å². The summed E-state index contributed by atoms with van der Waals surface area (Å²) in [4.78, 5) is 4.56. The van der Waals surface area contributed by atoms with Gasteiger partial charge in [-0.3, -0.25) is 5.41 Å². The number of aliphatic hydroxyl groups is 1. The van der Waals surface area contributed by atoms with Crippen LogP contribution >= 0.6 is 0 Å². The first kappa shape index (κ1) is 17.6. The largest absolute Gasteiger partial charge is 0.497 e. The predicted molar refractivity (Wildman–Crippen MR) is 99.7 cm³/mol. The van der Waals surface area contributed by atoms with Crippen LogP contribution in [0.4, 0.5) is 5.82 Å². The zero-order valence-electron chi connectivity index (χ0n) is 15.1. The summed E-state index contributed by atoms with van der Waals surface area (Å²) >= 11 is 0. The molecule has 1 aromatic carbocycles. The van der Waals surface area contributed by atoms with Gasteiger partial charge in [-0.1, -0.05) is 0 Å². The van der Waals surface area contributed by atoms with Crippen molar-refractivity contribution in [3.63, 3.8) is 0 Å². The highest BCUT2D eigenvalue weighted by Crippen LogP contribution is 2.39. The molecular formula is C19H27N4O2+. The lowest BCUT2D eigenvalue weighted by atomic mass is 9.83. The number of rotatable bonds is 4. The molecule has 1 unspecified atom stereocenters. The quantitative estimate of drug-likeness (QED) is 0.613. The molecule has 1 aliphatic heterocycles. The second-order valence-electron chi connectivity index (χ2n) is 6.84. The van der Waals surface area contributed by atoms with Crippen molar-refractivity contribution in [3.05, 3.63) is 28.8 Å². The summed E-state index contributed by atoms with van der Waals surface area (Å²) < 4.78 is 5.43. The number of methoxy groups -OCH3 is 1. The number of nitrogens with zero attached hydrogens (tertiary/aromatic N) is 1. The number of piperidine rings is 1. The first-order chi connectivity index (χ1) is 11.9. The number of nitrogens with one attached hydrogen (secondary N) is 1. The fraction of sp³-hybridized carbons (Fsp3) is 0.474. The molecule has 0 spiro atoms. The molecule has 0 bridgehead atoms. The molecule has 6 heteroatoms. The van der Waals surface area contributed by atoms with Crippen molar-refractivity contribution in [1.29, 1.82) is 0 Å². The Morgan fingerprint density at radius 2 is 2.08 bits per heavy atom. The SMILES string of the molecule is COc1cc(C)c2nc(N)c(C(C)=[NH2+])c(C(O)C3CCNCC3)c2c1. The summed E-state index contributed by atoms with van der Waals surface area (Å²) in [7, 11) is 1.63. The molecule has 1 aromatic heterocycles. The molecule has 1 saturated heterocycles. The molecular weight excluding hydrogens is 316 g/mol. The first-order valence-corrected chi connectivity index (χ1v) is 8.70. The Morgan fingerprint density at radius 3 is 2.68 bits per heavy atom. The Bertz CT molecular complexity index is 813. The fourth-order valence-electron chi connectivity index (χ4n) is 3.78. The lowest BCUT2D eigenvalue weighted by Crippen LogP contribution is -2.40. The van der Waals surface area contributed by atoms with E-state index in [1.807, 2.05) is 19.1 Å². The number of ether oxygens (including phenoxy) is 1. The summed E-state index contributed by atoms with van der Waals surface area (Å²) in [6.45, 7) is 5.58. The van der Waals surface area contributed by atoms with Crippen molar-refractivity contribution >= 4 is 22.4 Å². The van der Waals surface area contributed by atoms with Crippen LogP contribution in [0.15, 0.2) is 12.1 Å². The van der Waals surface area contributed by atoms with Gasteiger partial charge in [-0.05, 0) is 56.5 Å². The molecule has 6 nitrogen and oxygen atoms in total. The number of hydrogen-bond donors (Lipinski definition) is 4.